The van der Waals surface area contributed by atoms with Crippen molar-refractivity contribution in [3.63, 3.8) is 0 Å². The van der Waals surface area contributed by atoms with E-state index in [1.165, 1.54) is 35.1 Å². The van der Waals surface area contributed by atoms with Gasteiger partial charge in [0, 0.05) is 11.3 Å². The number of aliphatic hydroxyl groups is 1. The van der Waals surface area contributed by atoms with E-state index < -0.39 is 23.6 Å². The fourth-order valence-corrected chi connectivity index (χ4v) is 12.4. The van der Waals surface area contributed by atoms with Gasteiger partial charge in [-0.25, -0.2) is 4.79 Å². The Labute approximate surface area is 297 Å². The highest BCUT2D eigenvalue weighted by atomic mass is 16.5. The number of benzene rings is 2. The van der Waals surface area contributed by atoms with Gasteiger partial charge in [0.2, 0.25) is 0 Å². The molecule has 0 bridgehead atoms. The zero-order chi connectivity index (χ0) is 35.0. The quantitative estimate of drug-likeness (QED) is 0.197. The third-order valence-electron chi connectivity index (χ3n) is 15.1. The number of esters is 2. The van der Waals surface area contributed by atoms with E-state index in [9.17, 15) is 14.7 Å². The van der Waals surface area contributed by atoms with Crippen LogP contribution in [0, 0.1) is 65.1 Å². The van der Waals surface area contributed by atoms with Crippen molar-refractivity contribution in [2.75, 3.05) is 0 Å². The number of rotatable bonds is 5. The van der Waals surface area contributed by atoms with Crippen molar-refractivity contribution in [2.24, 2.45) is 46.2 Å². The Morgan fingerprint density at radius 1 is 0.840 bits per heavy atom. The van der Waals surface area contributed by atoms with Crippen LogP contribution in [0.15, 0.2) is 36.4 Å². The highest BCUT2D eigenvalue weighted by Gasteiger charge is 2.61. The Bertz CT molecular complexity index is 1800. The number of ether oxygens (including phenoxy) is 2. The predicted molar refractivity (Wildman–Crippen MR) is 192 cm³/mol. The summed E-state index contributed by atoms with van der Waals surface area (Å²) >= 11 is 0. The Morgan fingerprint density at radius 2 is 1.46 bits per heavy atom. The molecule has 0 radical (unpaired) electrons. The number of carbonyl (C=O) groups excluding carboxylic acids is 2. The van der Waals surface area contributed by atoms with Gasteiger partial charge in [0.1, 0.15) is 23.1 Å². The summed E-state index contributed by atoms with van der Waals surface area (Å²) in [5.41, 5.74) is 10.3. The second kappa shape index (κ2) is 12.3. The van der Waals surface area contributed by atoms with E-state index in [2.05, 4.69) is 37.8 Å². The summed E-state index contributed by atoms with van der Waals surface area (Å²) in [6.45, 7) is 4.62. The molecule has 6 nitrogen and oxygen atoms in total. The molecule has 0 aliphatic heterocycles. The molecule has 262 valence electrons. The van der Waals surface area contributed by atoms with Gasteiger partial charge in [-0.3, -0.25) is 4.79 Å². The molecule has 2 aromatic carbocycles. The largest absolute Gasteiger partial charge is 0.426 e. The molecule has 50 heavy (non-hydrogen) atoms. The third-order valence-corrected chi connectivity index (χ3v) is 15.1. The summed E-state index contributed by atoms with van der Waals surface area (Å²) in [4.78, 5) is 25.9. The first-order valence-electron chi connectivity index (χ1n) is 19.1. The van der Waals surface area contributed by atoms with Crippen LogP contribution in [0.1, 0.15) is 119 Å². The fraction of sp³-hybridized carbons (Fsp3) is 0.591. The minimum atomic E-state index is -1.13. The molecule has 0 amide bonds. The fourth-order valence-electron chi connectivity index (χ4n) is 12.4. The number of carbonyl (C=O) groups is 2. The molecule has 6 aliphatic rings. The Hall–Kier alpha value is -3.58. The van der Waals surface area contributed by atoms with Crippen LogP contribution in [-0.2, 0) is 22.4 Å². The smallest absolute Gasteiger partial charge is 0.328 e. The summed E-state index contributed by atoms with van der Waals surface area (Å²) in [6.07, 6.45) is 23.7. The van der Waals surface area contributed by atoms with Gasteiger partial charge in [-0.15, -0.1) is 18.8 Å². The standard InChI is InChI=1S/C44H51NO5/c1-5-28-9-16-37-35-12-7-27-24-30(11-15-31(27)33(35)17-20-42(28,37)3)50-41(47)39(45)25-40(46)49-29-10-14-32-26(23-29)8-13-36-34(32)18-21-43(4)38(36)19-22-44(43,48)6-2/h1-2,10-11,14-15,23-24,28,33-39,48H,7-9,12-13,16-22,25,45H2,3-4H3/t28-,33?,34?,35?,36?,37?,38?,39?,42-,43+,44+/m1/s1. The minimum absolute atomic E-state index is 0.236. The highest BCUT2D eigenvalue weighted by Crippen LogP contribution is 2.65. The molecule has 7 unspecified atom stereocenters. The van der Waals surface area contributed by atoms with Crippen molar-refractivity contribution in [2.45, 2.75) is 121 Å². The maximum absolute atomic E-state index is 13.0. The lowest BCUT2D eigenvalue weighted by atomic mass is 9.53. The Morgan fingerprint density at radius 3 is 2.10 bits per heavy atom. The topological polar surface area (TPSA) is 98.9 Å². The molecule has 0 saturated heterocycles. The van der Waals surface area contributed by atoms with E-state index in [4.69, 9.17) is 28.1 Å². The lowest BCUT2D eigenvalue weighted by Crippen LogP contribution is -2.50. The SMILES string of the molecule is C#C[C@@H]1CCC2C3CCc4cc(OC(=O)C(N)CC(=O)Oc5ccc6c(c5)CCC5C6CC[C@@]6(C)C5CC[C@@]6(O)C#C)ccc4C3CC[C@@]21C. The van der Waals surface area contributed by atoms with Crippen LogP contribution in [0.3, 0.4) is 0 Å². The van der Waals surface area contributed by atoms with E-state index in [-0.39, 0.29) is 17.3 Å². The van der Waals surface area contributed by atoms with Crippen LogP contribution in [0.25, 0.3) is 0 Å². The van der Waals surface area contributed by atoms with E-state index in [1.54, 1.807) is 0 Å². The first kappa shape index (κ1) is 33.6. The summed E-state index contributed by atoms with van der Waals surface area (Å²) in [5, 5.41) is 11.2. The molecule has 4 saturated carbocycles. The van der Waals surface area contributed by atoms with Crippen LogP contribution in [-0.4, -0.2) is 28.7 Å². The summed E-state index contributed by atoms with van der Waals surface area (Å²) in [7, 11) is 0. The number of aryl methyl sites for hydroxylation is 2. The Kier molecular flexibility index (Phi) is 8.24. The molecule has 0 heterocycles. The van der Waals surface area contributed by atoms with Crippen LogP contribution in [0.4, 0.5) is 0 Å². The summed E-state index contributed by atoms with van der Waals surface area (Å²) in [5.74, 6) is 9.18. The van der Waals surface area contributed by atoms with Crippen molar-refractivity contribution in [1.82, 2.24) is 0 Å². The van der Waals surface area contributed by atoms with Crippen molar-refractivity contribution < 1.29 is 24.2 Å². The van der Waals surface area contributed by atoms with E-state index in [0.29, 0.717) is 59.3 Å². The van der Waals surface area contributed by atoms with E-state index in [0.717, 1.165) is 57.8 Å². The molecule has 2 aromatic rings. The van der Waals surface area contributed by atoms with Crippen molar-refractivity contribution >= 4 is 11.9 Å². The van der Waals surface area contributed by atoms with Gasteiger partial charge < -0.3 is 20.3 Å². The van der Waals surface area contributed by atoms with Gasteiger partial charge in [-0.2, -0.15) is 0 Å². The van der Waals surface area contributed by atoms with Crippen molar-refractivity contribution in [3.8, 4) is 36.2 Å². The second-order valence-corrected chi connectivity index (χ2v) is 17.1. The maximum atomic E-state index is 13.0. The molecule has 11 atom stereocenters. The number of terminal acetylenes is 2. The third kappa shape index (κ3) is 5.16. The first-order valence-corrected chi connectivity index (χ1v) is 19.1. The van der Waals surface area contributed by atoms with Gasteiger partial charge in [0.05, 0.1) is 6.42 Å². The lowest BCUT2D eigenvalue weighted by molar-refractivity contribution is -0.142. The molecule has 0 spiro atoms. The number of nitrogens with two attached hydrogens (primary N) is 1. The summed E-state index contributed by atoms with van der Waals surface area (Å²) < 4.78 is 11.4. The molecule has 8 rings (SSSR count). The molecular formula is C44H51NO5. The number of hydrogen-bond acceptors (Lipinski definition) is 6. The van der Waals surface area contributed by atoms with Gasteiger partial charge >= 0.3 is 11.9 Å². The highest BCUT2D eigenvalue weighted by molar-refractivity contribution is 5.84. The molecule has 4 fully saturated rings. The van der Waals surface area contributed by atoms with Crippen LogP contribution >= 0.6 is 0 Å². The van der Waals surface area contributed by atoms with Crippen LogP contribution in [0.2, 0.25) is 0 Å². The zero-order valence-electron chi connectivity index (χ0n) is 29.6. The lowest BCUT2D eigenvalue weighted by Gasteiger charge is -2.52. The zero-order valence-corrected chi connectivity index (χ0v) is 29.6. The minimum Gasteiger partial charge on any atom is -0.426 e. The molecule has 3 N–H and O–H groups in total. The van der Waals surface area contributed by atoms with Gasteiger partial charge in [-0.1, -0.05) is 31.9 Å². The Balaban J connectivity index is 0.868. The molecular weight excluding hydrogens is 622 g/mol. The normalized spacial score (nSPS) is 38.4. The summed E-state index contributed by atoms with van der Waals surface area (Å²) in [6, 6.07) is 10.8. The van der Waals surface area contributed by atoms with Gasteiger partial charge in [0.25, 0.3) is 0 Å². The number of fused-ring (bicyclic) bond motifs is 10. The maximum Gasteiger partial charge on any atom is 0.328 e. The van der Waals surface area contributed by atoms with Crippen molar-refractivity contribution in [1.29, 1.82) is 0 Å². The van der Waals surface area contributed by atoms with E-state index >= 15 is 0 Å². The first-order chi connectivity index (χ1) is 24.0. The van der Waals surface area contributed by atoms with Gasteiger partial charge in [-0.05, 0) is 164 Å². The molecule has 6 aliphatic carbocycles. The van der Waals surface area contributed by atoms with Crippen molar-refractivity contribution in [3.05, 3.63) is 58.7 Å². The monoisotopic (exact) mass is 673 g/mol. The average Bonchev–Trinajstić information content (AvgIpc) is 3.60. The number of hydrogen-bond donors (Lipinski definition) is 2. The predicted octanol–water partition coefficient (Wildman–Crippen LogP) is 7.24. The average molecular weight is 674 g/mol. The van der Waals surface area contributed by atoms with E-state index in [1.807, 2.05) is 24.3 Å². The van der Waals surface area contributed by atoms with Crippen LogP contribution in [0.5, 0.6) is 11.5 Å². The molecule has 6 heteroatoms. The molecule has 0 aromatic heterocycles. The second-order valence-electron chi connectivity index (χ2n) is 17.1. The van der Waals surface area contributed by atoms with Gasteiger partial charge in [0.15, 0.2) is 0 Å². The van der Waals surface area contributed by atoms with Crippen LogP contribution < -0.4 is 15.2 Å².